The Hall–Kier alpha value is -2.57. The maximum absolute atomic E-state index is 13.7. The molecule has 2 aliphatic heterocycles. The van der Waals surface area contributed by atoms with E-state index in [0.29, 0.717) is 29.9 Å². The van der Waals surface area contributed by atoms with E-state index in [1.165, 1.54) is 38.0 Å². The van der Waals surface area contributed by atoms with E-state index >= 15 is 0 Å². The number of piperidine rings is 2. The van der Waals surface area contributed by atoms with Crippen molar-refractivity contribution in [3.63, 3.8) is 0 Å². The van der Waals surface area contributed by atoms with Crippen molar-refractivity contribution in [2.45, 2.75) is 68.4 Å². The summed E-state index contributed by atoms with van der Waals surface area (Å²) in [5.41, 5.74) is 1.51. The van der Waals surface area contributed by atoms with Crippen LogP contribution in [0, 0.1) is 12.3 Å². The summed E-state index contributed by atoms with van der Waals surface area (Å²) in [7, 11) is -3.81. The van der Waals surface area contributed by atoms with Crippen molar-refractivity contribution >= 4 is 44.8 Å². The Morgan fingerprint density at radius 1 is 1.07 bits per heavy atom. The van der Waals surface area contributed by atoms with Crippen molar-refractivity contribution in [3.8, 4) is 0 Å². The van der Waals surface area contributed by atoms with Crippen LogP contribution in [-0.2, 0) is 9.84 Å². The van der Waals surface area contributed by atoms with Crippen LogP contribution in [0.3, 0.4) is 0 Å². The Morgan fingerprint density at radius 3 is 2.30 bits per heavy atom. The maximum atomic E-state index is 13.7. The lowest BCUT2D eigenvalue weighted by molar-refractivity contribution is -0.0222. The minimum Gasteiger partial charge on any atom is -0.395 e. The molecule has 218 valence electrons. The number of aromatic nitrogens is 2. The molecule has 1 spiro atoms. The number of carbonyl (C=O) groups excluding carboxylic acids is 1. The fourth-order valence-electron chi connectivity index (χ4n) is 5.35. The second-order valence-electron chi connectivity index (χ2n) is 11.3. The molecule has 2 N–H and O–H groups in total. The van der Waals surface area contributed by atoms with Crippen molar-refractivity contribution in [2.75, 3.05) is 47.9 Å². The van der Waals surface area contributed by atoms with Gasteiger partial charge in [-0.3, -0.25) is 4.79 Å². The van der Waals surface area contributed by atoms with Gasteiger partial charge in [-0.05, 0) is 63.1 Å². The Balaban J connectivity index is 1.45. The Bertz CT molecular complexity index is 1400. The smallest absolute Gasteiger partial charge is 0.258 e. The van der Waals surface area contributed by atoms with E-state index in [1.807, 2.05) is 4.90 Å². The first-order valence-corrected chi connectivity index (χ1v) is 15.5. The normalized spacial score (nSPS) is 20.9. The molecule has 40 heavy (non-hydrogen) atoms. The third-order valence-electron chi connectivity index (χ3n) is 8.47. The summed E-state index contributed by atoms with van der Waals surface area (Å²) < 4.78 is 53.4. The van der Waals surface area contributed by atoms with E-state index in [2.05, 4.69) is 15.3 Å². The predicted molar refractivity (Wildman–Crippen MR) is 149 cm³/mol. The number of hydrogen-bond acceptors (Lipinski definition) is 8. The van der Waals surface area contributed by atoms with E-state index in [4.69, 9.17) is 11.6 Å². The lowest BCUT2D eigenvalue weighted by Gasteiger charge is -2.35. The molecule has 5 rings (SSSR count). The van der Waals surface area contributed by atoms with Gasteiger partial charge in [0.15, 0.2) is 15.7 Å². The molecule has 2 saturated heterocycles. The van der Waals surface area contributed by atoms with Crippen LogP contribution in [0.1, 0.15) is 61.5 Å². The first kappa shape index (κ1) is 28.9. The fourth-order valence-corrected chi connectivity index (χ4v) is 6.67. The van der Waals surface area contributed by atoms with Crippen molar-refractivity contribution in [3.05, 3.63) is 34.5 Å². The quantitative estimate of drug-likeness (QED) is 0.481. The second kappa shape index (κ2) is 10.7. The van der Waals surface area contributed by atoms with Crippen LogP contribution in [0.4, 0.5) is 26.2 Å². The second-order valence-corrected chi connectivity index (χ2v) is 14.0. The van der Waals surface area contributed by atoms with Gasteiger partial charge in [0.1, 0.15) is 5.02 Å². The number of amides is 1. The lowest BCUT2D eigenvalue weighted by atomic mass is 9.93. The van der Waals surface area contributed by atoms with Crippen molar-refractivity contribution in [1.82, 2.24) is 9.97 Å². The summed E-state index contributed by atoms with van der Waals surface area (Å²) in [4.78, 5) is 26.1. The number of hydrogen-bond donors (Lipinski definition) is 2. The largest absolute Gasteiger partial charge is 0.395 e. The fraction of sp³-hybridized carbons (Fsp3) is 0.593. The molecule has 1 aromatic carbocycles. The molecule has 1 amide bonds. The molecule has 1 saturated carbocycles. The number of anilines is 3. The molecule has 3 fully saturated rings. The van der Waals surface area contributed by atoms with Crippen LogP contribution < -0.4 is 15.1 Å². The number of aliphatic hydroxyl groups is 1. The zero-order valence-corrected chi connectivity index (χ0v) is 24.2. The highest BCUT2D eigenvalue weighted by Gasteiger charge is 2.45. The summed E-state index contributed by atoms with van der Waals surface area (Å²) in [5, 5.41) is 11.4. The van der Waals surface area contributed by atoms with Crippen LogP contribution >= 0.6 is 11.6 Å². The average molecular weight is 598 g/mol. The predicted octanol–water partition coefficient (Wildman–Crippen LogP) is 4.46. The number of benzene rings is 1. The lowest BCUT2D eigenvalue weighted by Crippen LogP contribution is -2.40. The number of nitrogens with zero attached hydrogens (tertiary/aromatic N) is 4. The van der Waals surface area contributed by atoms with Crippen LogP contribution in [0.25, 0.3) is 0 Å². The van der Waals surface area contributed by atoms with E-state index < -0.39 is 33.5 Å². The van der Waals surface area contributed by atoms with Crippen LogP contribution in [-0.4, -0.2) is 73.4 Å². The van der Waals surface area contributed by atoms with Gasteiger partial charge in [0, 0.05) is 39.0 Å². The van der Waals surface area contributed by atoms with Gasteiger partial charge in [0.2, 0.25) is 5.95 Å². The molecular weight excluding hydrogens is 564 g/mol. The number of aliphatic hydroxyl groups excluding tert-OH is 1. The molecule has 1 unspecified atom stereocenters. The highest BCUT2D eigenvalue weighted by atomic mass is 35.5. The molecule has 3 aliphatic rings. The number of aryl methyl sites for hydroxylation is 1. The summed E-state index contributed by atoms with van der Waals surface area (Å²) in [5.74, 6) is -3.00. The average Bonchev–Trinajstić information content (AvgIpc) is 3.69. The number of sulfone groups is 1. The molecule has 13 heteroatoms. The molecular formula is C27H34ClF2N5O4S. The Morgan fingerprint density at radius 2 is 1.70 bits per heavy atom. The SMILES string of the molecule is Cc1nc(N2CCC(F)(F)CC2)nc(NC(=O)c2ccc(S(=O)(=O)C(C)CO)cc2N2CCC3(CC2)CC3)c1Cl. The van der Waals surface area contributed by atoms with Gasteiger partial charge < -0.3 is 20.2 Å². The van der Waals surface area contributed by atoms with Gasteiger partial charge in [-0.15, -0.1) is 0 Å². The number of carbonyl (C=O) groups is 1. The van der Waals surface area contributed by atoms with Crippen molar-refractivity contribution < 1.29 is 27.1 Å². The minimum absolute atomic E-state index is 0.0346. The zero-order chi connectivity index (χ0) is 28.9. The number of halogens is 3. The number of rotatable bonds is 7. The molecule has 0 radical (unpaired) electrons. The number of alkyl halides is 2. The third-order valence-corrected chi connectivity index (χ3v) is 11.0. The zero-order valence-electron chi connectivity index (χ0n) is 22.6. The Labute approximate surface area is 237 Å². The summed E-state index contributed by atoms with van der Waals surface area (Å²) >= 11 is 6.45. The first-order valence-electron chi connectivity index (χ1n) is 13.6. The molecule has 2 aromatic rings. The molecule has 3 heterocycles. The van der Waals surface area contributed by atoms with Crippen molar-refractivity contribution in [1.29, 1.82) is 0 Å². The summed E-state index contributed by atoms with van der Waals surface area (Å²) in [6.07, 6.45) is 3.69. The molecule has 0 bridgehead atoms. The summed E-state index contributed by atoms with van der Waals surface area (Å²) in [6.45, 7) is 4.10. The van der Waals surface area contributed by atoms with Gasteiger partial charge in [-0.25, -0.2) is 22.2 Å². The number of nitrogens with one attached hydrogen (secondary N) is 1. The van der Waals surface area contributed by atoms with Crippen LogP contribution in [0.2, 0.25) is 5.02 Å². The molecule has 1 aliphatic carbocycles. The van der Waals surface area contributed by atoms with Gasteiger partial charge >= 0.3 is 0 Å². The van der Waals surface area contributed by atoms with Crippen molar-refractivity contribution in [2.24, 2.45) is 5.41 Å². The van der Waals surface area contributed by atoms with Gasteiger partial charge in [-0.2, -0.15) is 4.98 Å². The maximum Gasteiger partial charge on any atom is 0.258 e. The van der Waals surface area contributed by atoms with E-state index in [9.17, 15) is 27.1 Å². The summed E-state index contributed by atoms with van der Waals surface area (Å²) in [6, 6.07) is 4.35. The standard InChI is InChI=1S/C27H34ClF2N5O4S/c1-17(16-36)40(38,39)19-3-4-20(21(15-19)34-11-7-26(5-6-26)8-12-34)24(37)32-23-22(28)18(2)31-25(33-23)35-13-9-27(29,30)10-14-35/h3-4,15,17,36H,5-14,16H2,1-2H3,(H,31,32,33,37). The Kier molecular flexibility index (Phi) is 7.73. The molecule has 9 nitrogen and oxygen atoms in total. The minimum atomic E-state index is -3.81. The monoisotopic (exact) mass is 597 g/mol. The molecule has 1 aromatic heterocycles. The first-order chi connectivity index (χ1) is 18.8. The highest BCUT2D eigenvalue weighted by Crippen LogP contribution is 2.54. The van der Waals surface area contributed by atoms with Crippen LogP contribution in [0.5, 0.6) is 0 Å². The van der Waals surface area contributed by atoms with E-state index in [0.717, 1.165) is 12.8 Å². The van der Waals surface area contributed by atoms with E-state index in [-0.39, 0.29) is 53.2 Å². The molecule has 1 atom stereocenters. The van der Waals surface area contributed by atoms with Gasteiger partial charge in [0.25, 0.3) is 11.8 Å². The third kappa shape index (κ3) is 5.75. The van der Waals surface area contributed by atoms with Crippen LogP contribution in [0.15, 0.2) is 23.1 Å². The van der Waals surface area contributed by atoms with Gasteiger partial charge in [-0.1, -0.05) is 11.6 Å². The highest BCUT2D eigenvalue weighted by molar-refractivity contribution is 7.92. The van der Waals surface area contributed by atoms with Gasteiger partial charge in [0.05, 0.1) is 33.7 Å². The topological polar surface area (TPSA) is 116 Å². The van der Waals surface area contributed by atoms with E-state index in [1.54, 1.807) is 11.8 Å².